The molecule has 3 heterocycles. The highest BCUT2D eigenvalue weighted by atomic mass is 16.7. The van der Waals surface area contributed by atoms with Crippen molar-refractivity contribution in [1.29, 1.82) is 0 Å². The molecule has 9 N–H and O–H groups in total. The Labute approximate surface area is 272 Å². The summed E-state index contributed by atoms with van der Waals surface area (Å²) in [5.74, 6) is -0.860. The van der Waals surface area contributed by atoms with Crippen molar-refractivity contribution in [2.45, 2.75) is 68.3 Å². The average molecular weight is 683 g/mol. The normalized spacial score (nSPS) is 30.7. The summed E-state index contributed by atoms with van der Waals surface area (Å²) in [6.07, 6.45) is -15.9. The molecule has 2 fully saturated rings. The number of ether oxygens (including phenoxy) is 6. The number of phenols is 1. The first kappa shape index (κ1) is 35.7. The lowest BCUT2D eigenvalue weighted by atomic mass is 9.98. The summed E-state index contributed by atoms with van der Waals surface area (Å²) in [6.45, 7) is 0.238. The number of benzene rings is 2. The number of fused-ring (bicyclic) bond motifs is 1. The van der Waals surface area contributed by atoms with Gasteiger partial charge in [-0.05, 0) is 31.2 Å². The Balaban J connectivity index is 1.48. The Bertz CT molecular complexity index is 1580. The number of hydrogen-bond acceptors (Lipinski definition) is 17. The number of aliphatic hydroxyl groups is 8. The first-order valence-electron chi connectivity index (χ1n) is 15.0. The van der Waals surface area contributed by atoms with Gasteiger partial charge in [0.1, 0.15) is 84.2 Å². The molecule has 17 nitrogen and oxygen atoms in total. The second kappa shape index (κ2) is 15.3. The molecule has 0 unspecified atom stereocenters. The van der Waals surface area contributed by atoms with E-state index in [4.69, 9.17) is 43.1 Å². The molecule has 3 aromatic rings. The third kappa shape index (κ3) is 7.36. The molecular formula is C31H38O17. The molecule has 2 aromatic carbocycles. The lowest BCUT2D eigenvalue weighted by molar-refractivity contribution is -0.318. The number of rotatable bonds is 12. The number of aliphatic hydroxyl groups excluding tert-OH is 8. The molecule has 264 valence electrons. The van der Waals surface area contributed by atoms with Gasteiger partial charge in [0.05, 0.1) is 25.9 Å². The Morgan fingerprint density at radius 2 is 1.38 bits per heavy atom. The van der Waals surface area contributed by atoms with Crippen molar-refractivity contribution in [3.63, 3.8) is 0 Å². The molecule has 48 heavy (non-hydrogen) atoms. The van der Waals surface area contributed by atoms with Gasteiger partial charge >= 0.3 is 0 Å². The molecule has 2 aliphatic rings. The minimum absolute atomic E-state index is 0.0258. The summed E-state index contributed by atoms with van der Waals surface area (Å²) in [4.78, 5) is 13.9. The maximum atomic E-state index is 13.9. The summed E-state index contributed by atoms with van der Waals surface area (Å²) in [5.41, 5.74) is -0.788. The highest BCUT2D eigenvalue weighted by Crippen LogP contribution is 2.38. The smallest absolute Gasteiger partial charge is 0.239 e. The van der Waals surface area contributed by atoms with Crippen molar-refractivity contribution >= 4 is 11.0 Å². The quantitative estimate of drug-likeness (QED) is 0.0994. The molecule has 1 aromatic heterocycles. The fraction of sp³-hybridized carbons (Fsp3) is 0.516. The van der Waals surface area contributed by atoms with Crippen LogP contribution in [0.2, 0.25) is 0 Å². The molecule has 5 rings (SSSR count). The minimum atomic E-state index is -1.93. The van der Waals surface area contributed by atoms with Crippen molar-refractivity contribution in [3.8, 4) is 34.3 Å². The molecule has 0 amide bonds. The molecule has 0 spiro atoms. The zero-order valence-corrected chi connectivity index (χ0v) is 25.6. The van der Waals surface area contributed by atoms with Gasteiger partial charge in [-0.15, -0.1) is 0 Å². The van der Waals surface area contributed by atoms with Gasteiger partial charge < -0.3 is 78.8 Å². The zero-order valence-electron chi connectivity index (χ0n) is 25.6. The molecule has 2 saturated heterocycles. The Kier molecular flexibility index (Phi) is 11.4. The van der Waals surface area contributed by atoms with Crippen LogP contribution in [0.3, 0.4) is 0 Å². The topological polar surface area (TPSA) is 268 Å². The second-order valence-corrected chi connectivity index (χ2v) is 11.2. The van der Waals surface area contributed by atoms with Crippen LogP contribution in [0.4, 0.5) is 0 Å². The van der Waals surface area contributed by atoms with Crippen LogP contribution in [0.5, 0.6) is 23.0 Å². The highest BCUT2D eigenvalue weighted by molar-refractivity contribution is 5.88. The first-order valence-corrected chi connectivity index (χ1v) is 15.0. The number of phenolic OH excluding ortho intramolecular Hbond substituents is 1. The molecule has 10 atom stereocenters. The van der Waals surface area contributed by atoms with Gasteiger partial charge in [-0.25, -0.2) is 0 Å². The second-order valence-electron chi connectivity index (χ2n) is 11.2. The third-order valence-corrected chi connectivity index (χ3v) is 7.88. The highest BCUT2D eigenvalue weighted by Gasteiger charge is 2.47. The van der Waals surface area contributed by atoms with Crippen molar-refractivity contribution in [3.05, 3.63) is 46.6 Å². The predicted molar refractivity (Wildman–Crippen MR) is 160 cm³/mol. The summed E-state index contributed by atoms with van der Waals surface area (Å²) < 4.78 is 39.2. The maximum absolute atomic E-state index is 13.9. The van der Waals surface area contributed by atoms with Crippen LogP contribution in [-0.4, -0.2) is 140 Å². The fourth-order valence-electron chi connectivity index (χ4n) is 5.28. The molecule has 2 aliphatic heterocycles. The van der Waals surface area contributed by atoms with Gasteiger partial charge in [0.15, 0.2) is 12.1 Å². The number of hydrogen-bond donors (Lipinski definition) is 9. The van der Waals surface area contributed by atoms with Crippen LogP contribution in [0, 0.1) is 0 Å². The van der Waals surface area contributed by atoms with E-state index < -0.39 is 84.9 Å². The first-order chi connectivity index (χ1) is 22.9. The monoisotopic (exact) mass is 682 g/mol. The van der Waals surface area contributed by atoms with Crippen LogP contribution in [0.15, 0.2) is 45.6 Å². The van der Waals surface area contributed by atoms with E-state index in [1.165, 1.54) is 37.3 Å². The summed E-state index contributed by atoms with van der Waals surface area (Å²) in [7, 11) is 0. The number of aromatic hydroxyl groups is 1. The Hall–Kier alpha value is -3.59. The standard InChI is InChI=1S/C31H38O17/c1-13-21(35)24(38)26(40)30(45-13)44-12-19-22(36)25(39)27(41)31(47-19)48-29-23(37)20-17(34)10-16(43-9-7-33)11-18(20)46-28(29)14-2-4-15(5-3-14)42-8-6-32/h2-5,10-11,13,19,21-22,24-27,30-36,38-41H,6-9,12H2,1H3/t13-,19+,21-,22+,24+,25-,26+,27+,30+,31-/m0/s1. The lowest BCUT2D eigenvalue weighted by Gasteiger charge is -2.42. The molecule has 0 aliphatic carbocycles. The lowest BCUT2D eigenvalue weighted by Crippen LogP contribution is -2.61. The summed E-state index contributed by atoms with van der Waals surface area (Å²) >= 11 is 0. The van der Waals surface area contributed by atoms with Crippen LogP contribution in [-0.2, 0) is 14.2 Å². The predicted octanol–water partition coefficient (Wildman–Crippen LogP) is -2.06. The fourth-order valence-corrected chi connectivity index (χ4v) is 5.28. The largest absolute Gasteiger partial charge is 0.507 e. The third-order valence-electron chi connectivity index (χ3n) is 7.88. The molecule has 17 heteroatoms. The van der Waals surface area contributed by atoms with Crippen molar-refractivity contribution in [2.24, 2.45) is 0 Å². The van der Waals surface area contributed by atoms with E-state index in [0.717, 1.165) is 6.07 Å². The van der Waals surface area contributed by atoms with E-state index in [1.807, 2.05) is 0 Å². The average Bonchev–Trinajstić information content (AvgIpc) is 3.08. The summed E-state index contributed by atoms with van der Waals surface area (Å²) in [5, 5.41) is 91.0. The van der Waals surface area contributed by atoms with Gasteiger partial charge in [-0.2, -0.15) is 0 Å². The van der Waals surface area contributed by atoms with Crippen molar-refractivity contribution in [1.82, 2.24) is 0 Å². The van der Waals surface area contributed by atoms with E-state index in [1.54, 1.807) is 0 Å². The Morgan fingerprint density at radius 3 is 2.04 bits per heavy atom. The molecule has 0 bridgehead atoms. The molecule has 0 saturated carbocycles. The zero-order chi connectivity index (χ0) is 34.7. The van der Waals surface area contributed by atoms with E-state index in [9.17, 15) is 40.5 Å². The van der Waals surface area contributed by atoms with Crippen LogP contribution >= 0.6 is 0 Å². The van der Waals surface area contributed by atoms with Gasteiger partial charge in [0.2, 0.25) is 17.5 Å². The van der Waals surface area contributed by atoms with Crippen molar-refractivity contribution in [2.75, 3.05) is 33.0 Å². The summed E-state index contributed by atoms with van der Waals surface area (Å²) in [6, 6.07) is 8.50. The van der Waals surface area contributed by atoms with Crippen LogP contribution in [0.25, 0.3) is 22.3 Å². The molecule has 0 radical (unpaired) electrons. The Morgan fingerprint density at radius 1 is 0.750 bits per heavy atom. The van der Waals surface area contributed by atoms with Gasteiger partial charge in [0.25, 0.3) is 0 Å². The van der Waals surface area contributed by atoms with E-state index >= 15 is 0 Å². The van der Waals surface area contributed by atoms with Crippen molar-refractivity contribution < 1.29 is 78.8 Å². The van der Waals surface area contributed by atoms with Gasteiger partial charge in [-0.1, -0.05) is 0 Å². The minimum Gasteiger partial charge on any atom is -0.507 e. The van der Waals surface area contributed by atoms with Gasteiger partial charge in [0, 0.05) is 17.7 Å². The van der Waals surface area contributed by atoms with E-state index in [0.29, 0.717) is 5.75 Å². The van der Waals surface area contributed by atoms with Crippen LogP contribution < -0.4 is 19.6 Å². The van der Waals surface area contributed by atoms with E-state index in [2.05, 4.69) is 0 Å². The van der Waals surface area contributed by atoms with Crippen LogP contribution in [0.1, 0.15) is 6.92 Å². The maximum Gasteiger partial charge on any atom is 0.239 e. The SMILES string of the molecule is C[C@@H]1O[C@@H](OC[C@H]2O[C@@H](Oc3c(-c4ccc(OCCO)cc4)oc4cc(OCCO)cc(O)c4c3=O)[C@H](O)[C@@H](O)[C@@H]2O)[C@H](O)[C@H](O)[C@H]1O. The van der Waals surface area contributed by atoms with Gasteiger partial charge in [-0.3, -0.25) is 4.79 Å². The van der Waals surface area contributed by atoms with E-state index in [-0.39, 0.29) is 54.5 Å². The molecular weight excluding hydrogens is 644 g/mol.